The summed E-state index contributed by atoms with van der Waals surface area (Å²) in [7, 11) is 0. The molecule has 7 nitrogen and oxygen atoms in total. The van der Waals surface area contributed by atoms with Gasteiger partial charge in [-0.15, -0.1) is 10.2 Å². The first-order valence-electron chi connectivity index (χ1n) is 14.7. The van der Waals surface area contributed by atoms with Crippen molar-refractivity contribution in [2.45, 2.75) is 45.4 Å². The molecule has 1 aliphatic rings. The first kappa shape index (κ1) is 28.5. The van der Waals surface area contributed by atoms with Crippen molar-refractivity contribution in [3.63, 3.8) is 0 Å². The van der Waals surface area contributed by atoms with Crippen LogP contribution in [0.1, 0.15) is 53.9 Å². The van der Waals surface area contributed by atoms with Gasteiger partial charge in [0.2, 0.25) is 11.8 Å². The third-order valence-electron chi connectivity index (χ3n) is 8.35. The van der Waals surface area contributed by atoms with Crippen LogP contribution in [0.2, 0.25) is 0 Å². The molecule has 0 aliphatic carbocycles. The Morgan fingerprint density at radius 1 is 0.814 bits per heavy atom. The third-order valence-corrected chi connectivity index (χ3v) is 8.35. The number of ketones is 1. The molecule has 0 bridgehead atoms. The minimum atomic E-state index is -0.0319. The highest BCUT2D eigenvalue weighted by molar-refractivity contribution is 5.94. The lowest BCUT2D eigenvalue weighted by atomic mass is 9.92. The minimum Gasteiger partial charge on any atom is -0.508 e. The van der Waals surface area contributed by atoms with Crippen LogP contribution in [0.25, 0.3) is 22.9 Å². The van der Waals surface area contributed by atoms with Crippen LogP contribution < -0.4 is 0 Å². The number of phenolic OH excluding ortho intramolecular Hbond substituents is 1. The highest BCUT2D eigenvalue weighted by Gasteiger charge is 2.35. The molecule has 3 atom stereocenters. The van der Waals surface area contributed by atoms with E-state index >= 15 is 0 Å². The highest BCUT2D eigenvalue weighted by atomic mass is 16.4. The number of hydrogen-bond donors (Lipinski definition) is 1. The van der Waals surface area contributed by atoms with Crippen molar-refractivity contribution in [1.29, 1.82) is 0 Å². The number of aromatic nitrogens is 2. The second kappa shape index (κ2) is 12.3. The van der Waals surface area contributed by atoms with E-state index in [1.165, 1.54) is 5.56 Å². The lowest BCUT2D eigenvalue weighted by Gasteiger charge is -2.47. The number of piperazine rings is 1. The molecular weight excluding hydrogens is 536 g/mol. The summed E-state index contributed by atoms with van der Waals surface area (Å²) in [6, 6.07) is 34.3. The van der Waals surface area contributed by atoms with E-state index in [4.69, 9.17) is 4.42 Å². The van der Waals surface area contributed by atoms with Gasteiger partial charge in [0, 0.05) is 48.4 Å². The lowest BCUT2D eigenvalue weighted by Crippen LogP contribution is -2.56. The van der Waals surface area contributed by atoms with Crippen molar-refractivity contribution in [1.82, 2.24) is 20.0 Å². The van der Waals surface area contributed by atoms with Crippen molar-refractivity contribution >= 4 is 5.78 Å². The zero-order valence-corrected chi connectivity index (χ0v) is 24.7. The average molecular weight is 573 g/mol. The number of benzene rings is 4. The van der Waals surface area contributed by atoms with Gasteiger partial charge < -0.3 is 9.52 Å². The van der Waals surface area contributed by atoms with Gasteiger partial charge in [0.15, 0.2) is 5.78 Å². The van der Waals surface area contributed by atoms with Crippen LogP contribution in [-0.2, 0) is 6.54 Å². The van der Waals surface area contributed by atoms with Gasteiger partial charge in [-0.3, -0.25) is 14.6 Å². The van der Waals surface area contributed by atoms with E-state index < -0.39 is 0 Å². The summed E-state index contributed by atoms with van der Waals surface area (Å²) in [5, 5.41) is 18.9. The molecule has 0 amide bonds. The maximum atomic E-state index is 11.6. The van der Waals surface area contributed by atoms with Crippen molar-refractivity contribution in [2.75, 3.05) is 13.1 Å². The van der Waals surface area contributed by atoms with E-state index in [1.54, 1.807) is 25.1 Å². The maximum absolute atomic E-state index is 11.6. The number of carbonyl (C=O) groups is 1. The van der Waals surface area contributed by atoms with E-state index in [0.717, 1.165) is 41.9 Å². The highest BCUT2D eigenvalue weighted by Crippen LogP contribution is 2.36. The molecule has 0 spiro atoms. The van der Waals surface area contributed by atoms with E-state index in [-0.39, 0.29) is 17.6 Å². The van der Waals surface area contributed by atoms with Crippen LogP contribution in [0.5, 0.6) is 5.75 Å². The molecule has 0 saturated carbocycles. The summed E-state index contributed by atoms with van der Waals surface area (Å²) >= 11 is 0. The molecule has 0 unspecified atom stereocenters. The van der Waals surface area contributed by atoms with Crippen LogP contribution in [0.4, 0.5) is 0 Å². The minimum absolute atomic E-state index is 0.0137. The first-order valence-corrected chi connectivity index (χ1v) is 14.7. The number of nitrogens with zero attached hydrogens (tertiary/aromatic N) is 4. The molecule has 2 heterocycles. The van der Waals surface area contributed by atoms with E-state index in [9.17, 15) is 9.90 Å². The first-order chi connectivity index (χ1) is 20.9. The zero-order chi connectivity index (χ0) is 29.9. The van der Waals surface area contributed by atoms with Gasteiger partial charge in [-0.2, -0.15) is 0 Å². The van der Waals surface area contributed by atoms with Crippen LogP contribution in [0.3, 0.4) is 0 Å². The third kappa shape index (κ3) is 6.28. The number of aromatic hydroxyl groups is 1. The van der Waals surface area contributed by atoms with Gasteiger partial charge in [0.1, 0.15) is 5.75 Å². The molecule has 1 fully saturated rings. The standard InChI is InChI=1S/C36H36N4O3/c1-24-22-40(25(2)21-39(24)23-27-8-5-4-6-9-27)34(32-10-7-11-33(42)20-32)29-14-18-31(19-15-29)36-38-37-35(43-36)30-16-12-28(13-17-30)26(3)41/h4-20,24-25,34,42H,21-23H2,1-3H3/t24-,25+,34-/m1/s1. The lowest BCUT2D eigenvalue weighted by molar-refractivity contribution is 0.0195. The summed E-state index contributed by atoms with van der Waals surface area (Å²) in [4.78, 5) is 16.7. The number of phenols is 1. The largest absolute Gasteiger partial charge is 0.508 e. The Kier molecular flexibility index (Phi) is 8.18. The number of carbonyl (C=O) groups excluding carboxylic acids is 1. The topological polar surface area (TPSA) is 82.7 Å². The van der Waals surface area contributed by atoms with Crippen molar-refractivity contribution in [3.05, 3.63) is 125 Å². The molecule has 6 rings (SSSR count). The van der Waals surface area contributed by atoms with Gasteiger partial charge in [-0.05, 0) is 73.9 Å². The predicted molar refractivity (Wildman–Crippen MR) is 168 cm³/mol. The molecule has 1 N–H and O–H groups in total. The van der Waals surface area contributed by atoms with Crippen LogP contribution in [-0.4, -0.2) is 56.1 Å². The number of hydrogen-bond acceptors (Lipinski definition) is 7. The fourth-order valence-electron chi connectivity index (χ4n) is 6.01. The molecule has 1 aliphatic heterocycles. The normalized spacial score (nSPS) is 18.4. The van der Waals surface area contributed by atoms with Gasteiger partial charge in [0.25, 0.3) is 0 Å². The number of rotatable bonds is 8. The van der Waals surface area contributed by atoms with Crippen LogP contribution in [0.15, 0.2) is 108 Å². The molecule has 5 aromatic rings. The maximum Gasteiger partial charge on any atom is 0.248 e. The summed E-state index contributed by atoms with van der Waals surface area (Å²) in [5.41, 5.74) is 5.74. The van der Waals surface area contributed by atoms with Crippen LogP contribution in [0, 0.1) is 0 Å². The van der Waals surface area contributed by atoms with Crippen LogP contribution >= 0.6 is 0 Å². The SMILES string of the molecule is CC(=O)c1ccc(-c2nnc(-c3ccc([C@H](c4cccc(O)c4)N4C[C@@H](C)N(Cc5ccccc5)C[C@@H]4C)cc3)o2)cc1. The van der Waals surface area contributed by atoms with Crippen molar-refractivity contribution < 1.29 is 14.3 Å². The predicted octanol–water partition coefficient (Wildman–Crippen LogP) is 7.00. The van der Waals surface area contributed by atoms with Crippen molar-refractivity contribution in [2.24, 2.45) is 0 Å². The van der Waals surface area contributed by atoms with Gasteiger partial charge in [0.05, 0.1) is 6.04 Å². The molecule has 1 aromatic heterocycles. The fourth-order valence-corrected chi connectivity index (χ4v) is 6.01. The van der Waals surface area contributed by atoms with Gasteiger partial charge in [-0.25, -0.2) is 0 Å². The Hall–Kier alpha value is -4.59. The molecular formula is C36H36N4O3. The average Bonchev–Trinajstić information content (AvgIpc) is 3.51. The van der Waals surface area contributed by atoms with Crippen molar-refractivity contribution in [3.8, 4) is 28.7 Å². The molecule has 4 aromatic carbocycles. The Morgan fingerprint density at radius 2 is 1.47 bits per heavy atom. The quantitative estimate of drug-likeness (QED) is 0.201. The van der Waals surface area contributed by atoms with E-state index in [2.05, 4.69) is 82.4 Å². The molecule has 7 heteroatoms. The summed E-state index contributed by atoms with van der Waals surface area (Å²) in [6.45, 7) is 8.90. The van der Waals surface area contributed by atoms with E-state index in [0.29, 0.717) is 29.4 Å². The van der Waals surface area contributed by atoms with E-state index in [1.807, 2.05) is 36.4 Å². The van der Waals surface area contributed by atoms with Gasteiger partial charge >= 0.3 is 0 Å². The summed E-state index contributed by atoms with van der Waals surface area (Å²) < 4.78 is 6.01. The number of Topliss-reactive ketones (excluding diaryl/α,β-unsaturated/α-hetero) is 1. The fraction of sp³-hybridized carbons (Fsp3) is 0.250. The second-order valence-corrected chi connectivity index (χ2v) is 11.5. The Morgan fingerprint density at radius 3 is 2.09 bits per heavy atom. The molecule has 218 valence electrons. The molecule has 0 radical (unpaired) electrons. The summed E-state index contributed by atoms with van der Waals surface area (Å²) in [5.74, 6) is 1.11. The van der Waals surface area contributed by atoms with Gasteiger partial charge in [-0.1, -0.05) is 66.7 Å². The Balaban J connectivity index is 1.25. The smallest absolute Gasteiger partial charge is 0.248 e. The monoisotopic (exact) mass is 572 g/mol. The molecule has 43 heavy (non-hydrogen) atoms. The Bertz CT molecular complexity index is 1680. The summed E-state index contributed by atoms with van der Waals surface area (Å²) in [6.07, 6.45) is 0. The molecule has 1 saturated heterocycles. The second-order valence-electron chi connectivity index (χ2n) is 11.5. The zero-order valence-electron chi connectivity index (χ0n) is 24.7. The Labute approximate surface area is 252 Å².